The average Bonchev–Trinajstić information content (AvgIpc) is 2.46. The molecule has 0 aromatic rings. The van der Waals surface area contributed by atoms with Crippen LogP contribution in [0, 0.1) is 0 Å². The zero-order chi connectivity index (χ0) is 13.0. The molecular formula is C11H14Br2O4. The minimum absolute atomic E-state index is 0.174. The Morgan fingerprint density at radius 3 is 1.65 bits per heavy atom. The van der Waals surface area contributed by atoms with Gasteiger partial charge in [0.15, 0.2) is 0 Å². The lowest BCUT2D eigenvalue weighted by atomic mass is 10.0. The van der Waals surface area contributed by atoms with Gasteiger partial charge in [-0.15, -0.1) is 0 Å². The number of hydrogen-bond donors (Lipinski definition) is 0. The fourth-order valence-corrected chi connectivity index (χ4v) is 3.31. The Bertz CT molecular complexity index is 319. The molecule has 0 fully saturated rings. The fourth-order valence-electron chi connectivity index (χ4n) is 1.80. The monoisotopic (exact) mass is 368 g/mol. The molecule has 0 amide bonds. The van der Waals surface area contributed by atoms with E-state index in [2.05, 4.69) is 31.9 Å². The lowest BCUT2D eigenvalue weighted by Crippen LogP contribution is -2.23. The zero-order valence-electron chi connectivity index (χ0n) is 9.66. The van der Waals surface area contributed by atoms with E-state index in [0.717, 1.165) is 19.3 Å². The fraction of sp³-hybridized carbons (Fsp3) is 0.636. The lowest BCUT2D eigenvalue weighted by Gasteiger charge is -2.15. The van der Waals surface area contributed by atoms with E-state index < -0.39 is 11.9 Å². The summed E-state index contributed by atoms with van der Waals surface area (Å²) < 4.78 is 9.47. The number of methoxy groups -OCH3 is 2. The summed E-state index contributed by atoms with van der Waals surface area (Å²) in [6.45, 7) is 0. The lowest BCUT2D eigenvalue weighted by molar-refractivity contribution is -0.139. The van der Waals surface area contributed by atoms with Gasteiger partial charge in [0.2, 0.25) is 0 Å². The molecular weight excluding hydrogens is 356 g/mol. The van der Waals surface area contributed by atoms with E-state index in [1.54, 1.807) is 0 Å². The molecule has 17 heavy (non-hydrogen) atoms. The van der Waals surface area contributed by atoms with Gasteiger partial charge in [0.25, 0.3) is 0 Å². The molecule has 2 atom stereocenters. The van der Waals surface area contributed by atoms with Crippen molar-refractivity contribution in [1.82, 2.24) is 0 Å². The summed E-state index contributed by atoms with van der Waals surface area (Å²) in [6, 6.07) is 0. The third-order valence-electron chi connectivity index (χ3n) is 2.64. The van der Waals surface area contributed by atoms with Crippen LogP contribution in [0.4, 0.5) is 0 Å². The molecule has 0 saturated heterocycles. The first-order valence-corrected chi connectivity index (χ1v) is 7.04. The minimum Gasteiger partial charge on any atom is -0.466 e. The van der Waals surface area contributed by atoms with E-state index in [-0.39, 0.29) is 9.65 Å². The normalized spacial score (nSPS) is 25.2. The van der Waals surface area contributed by atoms with E-state index in [1.165, 1.54) is 14.2 Å². The van der Waals surface area contributed by atoms with E-state index in [9.17, 15) is 9.59 Å². The van der Waals surface area contributed by atoms with Gasteiger partial charge in [-0.05, 0) is 12.8 Å². The molecule has 0 saturated carbocycles. The maximum absolute atomic E-state index is 11.8. The van der Waals surface area contributed by atoms with Gasteiger partial charge >= 0.3 is 11.9 Å². The van der Waals surface area contributed by atoms with Crippen molar-refractivity contribution in [2.24, 2.45) is 0 Å². The number of carbonyl (C=O) groups excluding carboxylic acids is 2. The number of halogens is 2. The highest BCUT2D eigenvalue weighted by molar-refractivity contribution is 9.10. The number of rotatable bonds is 2. The summed E-state index contributed by atoms with van der Waals surface area (Å²) in [5.41, 5.74) is 0.720. The number of esters is 2. The Morgan fingerprint density at radius 1 is 1.00 bits per heavy atom. The van der Waals surface area contributed by atoms with E-state index in [4.69, 9.17) is 9.47 Å². The Labute approximate surface area is 117 Å². The van der Waals surface area contributed by atoms with Crippen molar-refractivity contribution in [3.8, 4) is 0 Å². The third kappa shape index (κ3) is 3.31. The summed E-state index contributed by atoms with van der Waals surface area (Å²) in [4.78, 5) is 23.2. The molecule has 1 aliphatic carbocycles. The van der Waals surface area contributed by atoms with Gasteiger partial charge in [0.05, 0.1) is 25.4 Å². The Hall–Kier alpha value is -0.360. The number of carbonyl (C=O) groups is 2. The molecule has 0 aromatic carbocycles. The molecule has 0 radical (unpaired) electrons. The van der Waals surface area contributed by atoms with Crippen LogP contribution < -0.4 is 0 Å². The molecule has 0 unspecified atom stereocenters. The highest BCUT2D eigenvalue weighted by Gasteiger charge is 2.34. The quantitative estimate of drug-likeness (QED) is 0.553. The predicted molar refractivity (Wildman–Crippen MR) is 70.3 cm³/mol. The second-order valence-corrected chi connectivity index (χ2v) is 5.89. The van der Waals surface area contributed by atoms with Crippen LogP contribution in [0.3, 0.4) is 0 Å². The Morgan fingerprint density at radius 2 is 1.35 bits per heavy atom. The number of alkyl halides is 2. The molecule has 0 aliphatic heterocycles. The van der Waals surface area contributed by atoms with Crippen molar-refractivity contribution in [1.29, 1.82) is 0 Å². The maximum atomic E-state index is 11.8. The van der Waals surface area contributed by atoms with Crippen LogP contribution in [0.25, 0.3) is 0 Å². The van der Waals surface area contributed by atoms with Crippen molar-refractivity contribution < 1.29 is 19.1 Å². The van der Waals surface area contributed by atoms with Crippen LogP contribution in [-0.4, -0.2) is 35.8 Å². The number of ether oxygens (including phenoxy) is 2. The molecule has 0 heterocycles. The first kappa shape index (κ1) is 14.7. The Balaban J connectivity index is 3.28. The maximum Gasteiger partial charge on any atom is 0.335 e. The standard InChI is InChI=1S/C11H14Br2O4/c1-16-10(14)8-6(12)4-3-5-7(13)9(8)11(15)17-2/h6-7H,3-5H2,1-2H3/t6-,7-/m1/s1. The summed E-state index contributed by atoms with van der Waals surface area (Å²) >= 11 is 6.85. The van der Waals surface area contributed by atoms with Gasteiger partial charge in [-0.25, -0.2) is 9.59 Å². The molecule has 96 valence electrons. The smallest absolute Gasteiger partial charge is 0.335 e. The molecule has 0 N–H and O–H groups in total. The van der Waals surface area contributed by atoms with Gasteiger partial charge in [-0.1, -0.05) is 38.3 Å². The summed E-state index contributed by atoms with van der Waals surface area (Å²) in [5, 5.41) is 0. The highest BCUT2D eigenvalue weighted by atomic mass is 79.9. The van der Waals surface area contributed by atoms with Crippen molar-refractivity contribution >= 4 is 43.8 Å². The molecule has 0 aromatic heterocycles. The van der Waals surface area contributed by atoms with Gasteiger partial charge in [0, 0.05) is 9.65 Å². The first-order chi connectivity index (χ1) is 8.02. The largest absolute Gasteiger partial charge is 0.466 e. The molecule has 0 bridgehead atoms. The van der Waals surface area contributed by atoms with Crippen molar-refractivity contribution in [3.63, 3.8) is 0 Å². The SMILES string of the molecule is COC(=O)C1=C(C(=O)OC)[C@H](Br)CCC[C@H]1Br. The summed E-state index contributed by atoms with van der Waals surface area (Å²) in [5.74, 6) is -0.975. The van der Waals surface area contributed by atoms with Crippen molar-refractivity contribution in [2.45, 2.75) is 28.9 Å². The molecule has 1 aliphatic rings. The molecule has 0 spiro atoms. The summed E-state index contributed by atoms with van der Waals surface area (Å²) in [7, 11) is 2.61. The van der Waals surface area contributed by atoms with Gasteiger partial charge in [-0.2, -0.15) is 0 Å². The van der Waals surface area contributed by atoms with Crippen LogP contribution in [0.5, 0.6) is 0 Å². The molecule has 1 rings (SSSR count). The topological polar surface area (TPSA) is 52.6 Å². The first-order valence-electron chi connectivity index (χ1n) is 5.21. The van der Waals surface area contributed by atoms with Gasteiger partial charge in [0.1, 0.15) is 0 Å². The van der Waals surface area contributed by atoms with Crippen LogP contribution in [-0.2, 0) is 19.1 Å². The van der Waals surface area contributed by atoms with Gasteiger partial charge in [-0.3, -0.25) is 0 Å². The van der Waals surface area contributed by atoms with Crippen molar-refractivity contribution in [3.05, 3.63) is 11.1 Å². The highest BCUT2D eigenvalue weighted by Crippen LogP contribution is 2.34. The van der Waals surface area contributed by atoms with E-state index in [1.807, 2.05) is 0 Å². The molecule has 6 heteroatoms. The second-order valence-electron chi connectivity index (χ2n) is 3.68. The van der Waals surface area contributed by atoms with Crippen LogP contribution in [0.2, 0.25) is 0 Å². The Kier molecular flexibility index (Phi) is 5.66. The molecule has 4 nitrogen and oxygen atoms in total. The second kappa shape index (κ2) is 6.54. The van der Waals surface area contributed by atoms with Crippen molar-refractivity contribution in [2.75, 3.05) is 14.2 Å². The average molecular weight is 370 g/mol. The van der Waals surface area contributed by atoms with E-state index in [0.29, 0.717) is 11.1 Å². The van der Waals surface area contributed by atoms with Crippen LogP contribution >= 0.6 is 31.9 Å². The number of hydrogen-bond acceptors (Lipinski definition) is 4. The van der Waals surface area contributed by atoms with Gasteiger partial charge < -0.3 is 9.47 Å². The van der Waals surface area contributed by atoms with Crippen LogP contribution in [0.1, 0.15) is 19.3 Å². The summed E-state index contributed by atoms with van der Waals surface area (Å²) in [6.07, 6.45) is 2.48. The zero-order valence-corrected chi connectivity index (χ0v) is 12.8. The minimum atomic E-state index is -0.487. The van der Waals surface area contributed by atoms with Crippen LogP contribution in [0.15, 0.2) is 11.1 Å². The predicted octanol–water partition coefficient (Wildman–Crippen LogP) is 2.34. The van der Waals surface area contributed by atoms with E-state index >= 15 is 0 Å². The third-order valence-corrected chi connectivity index (χ3v) is 4.47.